The second-order valence-corrected chi connectivity index (χ2v) is 8.96. The Labute approximate surface area is 200 Å². The highest BCUT2D eigenvalue weighted by molar-refractivity contribution is 7.91. The molecule has 34 heavy (non-hydrogen) atoms. The van der Waals surface area contributed by atoms with Gasteiger partial charge in [0.15, 0.2) is 5.84 Å². The molecule has 0 saturated heterocycles. The topological polar surface area (TPSA) is 154 Å². The molecule has 0 bridgehead atoms. The van der Waals surface area contributed by atoms with Crippen LogP contribution in [0.1, 0.15) is 30.5 Å². The van der Waals surface area contributed by atoms with Crippen molar-refractivity contribution in [3.63, 3.8) is 0 Å². The first-order valence-corrected chi connectivity index (χ1v) is 12.0. The average molecular weight is 480 g/mol. The lowest BCUT2D eigenvalue weighted by Crippen LogP contribution is -2.23. The summed E-state index contributed by atoms with van der Waals surface area (Å²) in [6.07, 6.45) is 1.40. The fraction of sp³-hybridized carbons (Fsp3) is 0.120. The van der Waals surface area contributed by atoms with Crippen LogP contribution in [0.2, 0.25) is 0 Å². The number of amides is 1. The summed E-state index contributed by atoms with van der Waals surface area (Å²) in [4.78, 5) is 12.9. The zero-order valence-corrected chi connectivity index (χ0v) is 20.1. The minimum Gasteiger partial charge on any atom is -0.394 e. The summed E-state index contributed by atoms with van der Waals surface area (Å²) >= 11 is 0. The van der Waals surface area contributed by atoms with Crippen molar-refractivity contribution < 1.29 is 13.2 Å². The third kappa shape index (κ3) is 6.23. The molecule has 1 amide bonds. The van der Waals surface area contributed by atoms with E-state index in [2.05, 4.69) is 10.4 Å². The standard InChI is InChI=1S/C23H23N5O3S.C2H6/c1-15-10-11-21(19(12-15)22(25)28-26)27-23(29)20(24)14-16-6-5-9-18(13-16)32(30,31)17-7-3-2-4-8-17;1-2/h2-14H,24,26H2,1H3,(H2,25,28)(H,27,29);1-2H3/b20-14-;. The minimum absolute atomic E-state index is 0.0605. The van der Waals surface area contributed by atoms with Crippen LogP contribution in [0.25, 0.3) is 6.08 Å². The quantitative estimate of drug-likeness (QED) is 0.140. The predicted octanol–water partition coefficient (Wildman–Crippen LogP) is 3.37. The number of hydrogen-bond donors (Lipinski definition) is 4. The van der Waals surface area contributed by atoms with E-state index < -0.39 is 15.7 Å². The van der Waals surface area contributed by atoms with Gasteiger partial charge in [-0.15, -0.1) is 0 Å². The Kier molecular flexibility index (Phi) is 8.97. The molecule has 3 rings (SSSR count). The first kappa shape index (κ1) is 26.1. The Morgan fingerprint density at radius 3 is 2.21 bits per heavy atom. The summed E-state index contributed by atoms with van der Waals surface area (Å²) in [5.41, 5.74) is 13.9. The van der Waals surface area contributed by atoms with Crippen molar-refractivity contribution in [2.75, 3.05) is 5.32 Å². The number of benzene rings is 3. The number of rotatable bonds is 6. The molecule has 0 atom stereocenters. The number of carbonyl (C=O) groups excluding carboxylic acids is 1. The van der Waals surface area contributed by atoms with Crippen molar-refractivity contribution in [2.45, 2.75) is 30.6 Å². The molecule has 7 N–H and O–H groups in total. The first-order valence-electron chi connectivity index (χ1n) is 10.6. The van der Waals surface area contributed by atoms with Gasteiger partial charge in [0.25, 0.3) is 5.91 Å². The largest absolute Gasteiger partial charge is 0.394 e. The number of amidine groups is 1. The number of hydrogen-bond acceptors (Lipinski definition) is 6. The number of anilines is 1. The summed E-state index contributed by atoms with van der Waals surface area (Å²) in [6.45, 7) is 5.86. The molecule has 0 heterocycles. The molecule has 0 radical (unpaired) electrons. The van der Waals surface area contributed by atoms with Gasteiger partial charge < -0.3 is 22.6 Å². The van der Waals surface area contributed by atoms with E-state index in [1.807, 2.05) is 20.8 Å². The fourth-order valence-corrected chi connectivity index (χ4v) is 4.33. The van der Waals surface area contributed by atoms with Crippen LogP contribution in [0.4, 0.5) is 5.69 Å². The average Bonchev–Trinajstić information content (AvgIpc) is 2.86. The van der Waals surface area contributed by atoms with Crippen molar-refractivity contribution in [3.05, 3.63) is 95.2 Å². The van der Waals surface area contributed by atoms with E-state index in [1.165, 1.54) is 30.3 Å². The Hall–Kier alpha value is -4.11. The van der Waals surface area contributed by atoms with Gasteiger partial charge in [0.05, 0.1) is 21.2 Å². The molecule has 8 nitrogen and oxygen atoms in total. The Balaban J connectivity index is 0.00000199. The van der Waals surface area contributed by atoms with E-state index in [9.17, 15) is 13.2 Å². The smallest absolute Gasteiger partial charge is 0.271 e. The molecule has 0 unspecified atom stereocenters. The second-order valence-electron chi connectivity index (χ2n) is 7.01. The molecule has 3 aromatic rings. The van der Waals surface area contributed by atoms with Crippen molar-refractivity contribution in [2.24, 2.45) is 22.4 Å². The molecule has 0 fully saturated rings. The van der Waals surface area contributed by atoms with Crippen LogP contribution in [0.3, 0.4) is 0 Å². The maximum Gasteiger partial charge on any atom is 0.271 e. The lowest BCUT2D eigenvalue weighted by molar-refractivity contribution is -0.112. The normalized spacial score (nSPS) is 11.9. The van der Waals surface area contributed by atoms with Gasteiger partial charge in [-0.2, -0.15) is 5.10 Å². The van der Waals surface area contributed by atoms with E-state index in [0.717, 1.165) is 5.56 Å². The van der Waals surface area contributed by atoms with Crippen LogP contribution in [-0.2, 0) is 14.6 Å². The molecule has 0 aromatic heterocycles. The molecule has 178 valence electrons. The van der Waals surface area contributed by atoms with Crippen molar-refractivity contribution >= 4 is 33.3 Å². The van der Waals surface area contributed by atoms with Gasteiger partial charge in [-0.25, -0.2) is 8.42 Å². The van der Waals surface area contributed by atoms with E-state index in [-0.39, 0.29) is 21.3 Å². The van der Waals surface area contributed by atoms with Gasteiger partial charge in [-0.05, 0) is 55.0 Å². The summed E-state index contributed by atoms with van der Waals surface area (Å²) in [5, 5.41) is 6.16. The maximum atomic E-state index is 12.8. The molecule has 0 saturated carbocycles. The van der Waals surface area contributed by atoms with Crippen LogP contribution >= 0.6 is 0 Å². The van der Waals surface area contributed by atoms with E-state index in [4.69, 9.17) is 17.3 Å². The number of nitrogens with one attached hydrogen (secondary N) is 1. The van der Waals surface area contributed by atoms with Crippen molar-refractivity contribution in [3.8, 4) is 0 Å². The molecular weight excluding hydrogens is 450 g/mol. The second kappa shape index (κ2) is 11.7. The van der Waals surface area contributed by atoms with Crippen LogP contribution in [0.15, 0.2) is 93.4 Å². The Bertz CT molecular complexity index is 1320. The third-order valence-electron chi connectivity index (χ3n) is 4.64. The Morgan fingerprint density at radius 1 is 0.912 bits per heavy atom. The molecule has 0 aliphatic carbocycles. The van der Waals surface area contributed by atoms with E-state index >= 15 is 0 Å². The minimum atomic E-state index is -3.70. The van der Waals surface area contributed by atoms with Crippen LogP contribution in [0, 0.1) is 6.92 Å². The summed E-state index contributed by atoms with van der Waals surface area (Å²) < 4.78 is 25.7. The van der Waals surface area contributed by atoms with Crippen LogP contribution in [0.5, 0.6) is 0 Å². The SMILES string of the molecule is CC.Cc1ccc(NC(=O)/C(N)=C/c2cccc(S(=O)(=O)c3ccccc3)c2)c(/C(N)=N/N)c1. The zero-order valence-electron chi connectivity index (χ0n) is 19.3. The number of aryl methyl sites for hydroxylation is 1. The fourth-order valence-electron chi connectivity index (χ4n) is 3.00. The predicted molar refractivity (Wildman–Crippen MR) is 137 cm³/mol. The lowest BCUT2D eigenvalue weighted by atomic mass is 10.1. The highest BCUT2D eigenvalue weighted by atomic mass is 32.2. The van der Waals surface area contributed by atoms with Gasteiger partial charge >= 0.3 is 0 Å². The molecule has 0 aliphatic heterocycles. The maximum absolute atomic E-state index is 12.8. The van der Waals surface area contributed by atoms with E-state index in [1.54, 1.807) is 48.5 Å². The van der Waals surface area contributed by atoms with Crippen LogP contribution < -0.4 is 22.6 Å². The van der Waals surface area contributed by atoms with Gasteiger partial charge in [-0.1, -0.05) is 55.8 Å². The zero-order chi connectivity index (χ0) is 25.3. The summed E-state index contributed by atoms with van der Waals surface area (Å²) in [5.74, 6) is 4.75. The molecule has 0 aliphatic rings. The van der Waals surface area contributed by atoms with Crippen LogP contribution in [-0.4, -0.2) is 20.2 Å². The van der Waals surface area contributed by atoms with Gasteiger partial charge in [0, 0.05) is 5.56 Å². The van der Waals surface area contributed by atoms with Crippen molar-refractivity contribution in [1.29, 1.82) is 0 Å². The lowest BCUT2D eigenvalue weighted by Gasteiger charge is -2.12. The number of nitrogens with zero attached hydrogens (tertiary/aromatic N) is 1. The van der Waals surface area contributed by atoms with Gasteiger partial charge in [0.2, 0.25) is 9.84 Å². The van der Waals surface area contributed by atoms with E-state index in [0.29, 0.717) is 16.8 Å². The molecular formula is C25H29N5O3S. The van der Waals surface area contributed by atoms with Gasteiger partial charge in [-0.3, -0.25) is 4.79 Å². The molecule has 3 aromatic carbocycles. The Morgan fingerprint density at radius 2 is 1.56 bits per heavy atom. The number of sulfone groups is 1. The van der Waals surface area contributed by atoms with Crippen molar-refractivity contribution in [1.82, 2.24) is 0 Å². The highest BCUT2D eigenvalue weighted by Crippen LogP contribution is 2.22. The molecule has 9 heteroatoms. The monoisotopic (exact) mass is 479 g/mol. The highest BCUT2D eigenvalue weighted by Gasteiger charge is 2.17. The number of hydrazone groups is 1. The summed E-state index contributed by atoms with van der Waals surface area (Å²) in [6, 6.07) is 19.5. The number of carbonyl (C=O) groups is 1. The molecule has 0 spiro atoms. The third-order valence-corrected chi connectivity index (χ3v) is 6.41. The first-order chi connectivity index (χ1) is 16.2. The van der Waals surface area contributed by atoms with Gasteiger partial charge in [0.1, 0.15) is 0 Å². The number of nitrogens with two attached hydrogens (primary N) is 3. The summed E-state index contributed by atoms with van der Waals surface area (Å²) in [7, 11) is -3.70.